The molecule has 0 fully saturated rings. The lowest BCUT2D eigenvalue weighted by Gasteiger charge is -2.26. The van der Waals surface area contributed by atoms with E-state index in [9.17, 15) is 9.59 Å². The van der Waals surface area contributed by atoms with E-state index < -0.39 is 11.3 Å². The Kier molecular flexibility index (Phi) is 7.63. The molecule has 2 aromatic rings. The average molecular weight is 460 g/mol. The largest absolute Gasteiger partial charge is 0.493 e. The number of carbonyl (C=O) groups is 2. The maximum atomic E-state index is 12.7. The first-order valence-electron chi connectivity index (χ1n) is 8.57. The van der Waals surface area contributed by atoms with E-state index in [-0.39, 0.29) is 34.6 Å². The van der Waals surface area contributed by atoms with Crippen molar-refractivity contribution < 1.29 is 19.1 Å². The van der Waals surface area contributed by atoms with E-state index in [2.05, 4.69) is 5.32 Å². The molecule has 0 aliphatic carbocycles. The van der Waals surface area contributed by atoms with E-state index >= 15 is 0 Å². The number of carbonyl (C=O) groups excluding carboxylic acids is 2. The van der Waals surface area contributed by atoms with Crippen LogP contribution in [0.25, 0.3) is 0 Å². The quantitative estimate of drug-likeness (QED) is 0.618. The van der Waals surface area contributed by atoms with E-state index in [1.54, 1.807) is 12.1 Å². The second kappa shape index (κ2) is 9.57. The van der Waals surface area contributed by atoms with Gasteiger partial charge in [0.25, 0.3) is 11.8 Å². The number of primary amides is 1. The molecular weight excluding hydrogens is 439 g/mol. The SMILES string of the molecule is COc1cc(C(=O)NCC(C)(C)c2ccc(Cl)c(Cl)c2)cc(Cl)c1OCC(N)=O. The highest BCUT2D eigenvalue weighted by atomic mass is 35.5. The molecule has 0 saturated carbocycles. The molecule has 6 nitrogen and oxygen atoms in total. The lowest BCUT2D eigenvalue weighted by atomic mass is 9.84. The highest BCUT2D eigenvalue weighted by molar-refractivity contribution is 6.42. The normalized spacial score (nSPS) is 11.1. The van der Waals surface area contributed by atoms with Crippen molar-refractivity contribution in [2.24, 2.45) is 5.73 Å². The fraction of sp³-hybridized carbons (Fsp3) is 0.300. The molecule has 0 aliphatic rings. The summed E-state index contributed by atoms with van der Waals surface area (Å²) in [7, 11) is 1.40. The fourth-order valence-corrected chi connectivity index (χ4v) is 3.12. The van der Waals surface area contributed by atoms with Crippen molar-refractivity contribution in [3.8, 4) is 11.5 Å². The van der Waals surface area contributed by atoms with Crippen LogP contribution in [-0.2, 0) is 10.2 Å². The van der Waals surface area contributed by atoms with Crippen molar-refractivity contribution in [2.75, 3.05) is 20.3 Å². The molecule has 9 heteroatoms. The molecule has 0 spiro atoms. The number of amides is 2. The Morgan fingerprint density at radius 2 is 1.76 bits per heavy atom. The molecule has 2 aromatic carbocycles. The third-order valence-corrected chi connectivity index (χ3v) is 5.26. The number of rotatable bonds is 8. The van der Waals surface area contributed by atoms with Crippen molar-refractivity contribution >= 4 is 46.6 Å². The monoisotopic (exact) mass is 458 g/mol. The van der Waals surface area contributed by atoms with Gasteiger partial charge in [0.2, 0.25) is 0 Å². The van der Waals surface area contributed by atoms with Gasteiger partial charge in [0.05, 0.1) is 22.2 Å². The molecular formula is C20H21Cl3N2O4. The summed E-state index contributed by atoms with van der Waals surface area (Å²) in [4.78, 5) is 23.6. The molecule has 2 amide bonds. The second-order valence-corrected chi connectivity index (χ2v) is 8.16. The minimum Gasteiger partial charge on any atom is -0.493 e. The topological polar surface area (TPSA) is 90.7 Å². The fourth-order valence-electron chi connectivity index (χ4n) is 2.56. The molecule has 0 aliphatic heterocycles. The Balaban J connectivity index is 2.16. The zero-order chi connectivity index (χ0) is 21.8. The van der Waals surface area contributed by atoms with Crippen molar-refractivity contribution in [1.82, 2.24) is 5.32 Å². The van der Waals surface area contributed by atoms with Crippen LogP contribution in [0, 0.1) is 0 Å². The van der Waals surface area contributed by atoms with Crippen LogP contribution in [0.2, 0.25) is 15.1 Å². The van der Waals surface area contributed by atoms with E-state index in [1.807, 2.05) is 19.9 Å². The highest BCUT2D eigenvalue weighted by Crippen LogP contribution is 2.36. The first-order chi connectivity index (χ1) is 13.5. The molecule has 0 bridgehead atoms. The Morgan fingerprint density at radius 1 is 1.07 bits per heavy atom. The number of hydrogen-bond acceptors (Lipinski definition) is 4. The zero-order valence-corrected chi connectivity index (χ0v) is 18.4. The van der Waals surface area contributed by atoms with E-state index in [0.717, 1.165) is 5.56 Å². The number of hydrogen-bond donors (Lipinski definition) is 2. The number of ether oxygens (including phenoxy) is 2. The Hall–Kier alpha value is -2.15. The standard InChI is InChI=1S/C20H21Cl3N2O4/c1-20(2,12-4-5-13(21)14(22)8-12)10-25-19(27)11-6-15(23)18(16(7-11)28-3)29-9-17(24)26/h4-8H,9-10H2,1-3H3,(H2,24,26)(H,25,27). The van der Waals surface area contributed by atoms with Crippen LogP contribution in [0.15, 0.2) is 30.3 Å². The molecule has 0 aromatic heterocycles. The van der Waals surface area contributed by atoms with E-state index in [0.29, 0.717) is 16.6 Å². The van der Waals surface area contributed by atoms with Crippen molar-refractivity contribution in [1.29, 1.82) is 0 Å². The number of nitrogens with two attached hydrogens (primary N) is 1. The number of halogens is 3. The van der Waals surface area contributed by atoms with Gasteiger partial charge in [-0.1, -0.05) is 54.7 Å². The van der Waals surface area contributed by atoms with Crippen LogP contribution >= 0.6 is 34.8 Å². The van der Waals surface area contributed by atoms with Crippen molar-refractivity contribution in [2.45, 2.75) is 19.3 Å². The summed E-state index contributed by atoms with van der Waals surface area (Å²) in [5.74, 6) is -0.650. The molecule has 0 unspecified atom stereocenters. The van der Waals surface area contributed by atoms with Gasteiger partial charge in [-0.2, -0.15) is 0 Å². The highest BCUT2D eigenvalue weighted by Gasteiger charge is 2.23. The first-order valence-corrected chi connectivity index (χ1v) is 9.71. The van der Waals surface area contributed by atoms with Gasteiger partial charge < -0.3 is 20.5 Å². The smallest absolute Gasteiger partial charge is 0.255 e. The van der Waals surface area contributed by atoms with Gasteiger partial charge in [0, 0.05) is 17.5 Å². The lowest BCUT2D eigenvalue weighted by Crippen LogP contribution is -2.36. The Bertz CT molecular complexity index is 932. The van der Waals surface area contributed by atoms with Crippen LogP contribution in [0.4, 0.5) is 0 Å². The van der Waals surface area contributed by atoms with Gasteiger partial charge in [0.1, 0.15) is 0 Å². The van der Waals surface area contributed by atoms with Crippen molar-refractivity contribution in [3.05, 3.63) is 56.5 Å². The summed E-state index contributed by atoms with van der Waals surface area (Å²) in [5, 5.41) is 3.92. The third kappa shape index (κ3) is 5.92. The molecule has 0 atom stereocenters. The maximum Gasteiger partial charge on any atom is 0.255 e. The van der Waals surface area contributed by atoms with E-state index in [4.69, 9.17) is 50.0 Å². The Morgan fingerprint density at radius 3 is 2.34 bits per heavy atom. The van der Waals surface area contributed by atoms with Crippen LogP contribution < -0.4 is 20.5 Å². The lowest BCUT2D eigenvalue weighted by molar-refractivity contribution is -0.119. The number of benzene rings is 2. The molecule has 0 radical (unpaired) electrons. The van der Waals surface area contributed by atoms with Gasteiger partial charge in [-0.3, -0.25) is 9.59 Å². The van der Waals surface area contributed by atoms with Gasteiger partial charge in [0.15, 0.2) is 18.1 Å². The first kappa shape index (κ1) is 23.1. The molecule has 156 valence electrons. The van der Waals surface area contributed by atoms with Gasteiger partial charge in [-0.15, -0.1) is 0 Å². The second-order valence-electron chi connectivity index (χ2n) is 6.94. The summed E-state index contributed by atoms with van der Waals surface area (Å²) in [6, 6.07) is 8.27. The van der Waals surface area contributed by atoms with E-state index in [1.165, 1.54) is 19.2 Å². The molecule has 3 N–H and O–H groups in total. The summed E-state index contributed by atoms with van der Waals surface area (Å²) in [5.41, 5.74) is 5.89. The van der Waals surface area contributed by atoms with Gasteiger partial charge in [-0.05, 0) is 29.8 Å². The van der Waals surface area contributed by atoms with Crippen LogP contribution in [-0.4, -0.2) is 32.1 Å². The summed E-state index contributed by atoms with van der Waals surface area (Å²) >= 11 is 18.3. The number of methoxy groups -OCH3 is 1. The molecule has 0 heterocycles. The molecule has 2 rings (SSSR count). The van der Waals surface area contributed by atoms with Crippen LogP contribution in [0.1, 0.15) is 29.8 Å². The summed E-state index contributed by atoms with van der Waals surface area (Å²) in [6.45, 7) is 3.92. The minimum atomic E-state index is -0.658. The Labute approximate surface area is 184 Å². The molecule has 0 saturated heterocycles. The van der Waals surface area contributed by atoms with Crippen molar-refractivity contribution in [3.63, 3.8) is 0 Å². The van der Waals surface area contributed by atoms with Crippen LogP contribution in [0.3, 0.4) is 0 Å². The number of nitrogens with one attached hydrogen (secondary N) is 1. The molecule has 29 heavy (non-hydrogen) atoms. The minimum absolute atomic E-state index is 0.125. The zero-order valence-electron chi connectivity index (χ0n) is 16.1. The summed E-state index contributed by atoms with van der Waals surface area (Å²) in [6.07, 6.45) is 0. The summed E-state index contributed by atoms with van der Waals surface area (Å²) < 4.78 is 10.5. The van der Waals surface area contributed by atoms with Crippen LogP contribution in [0.5, 0.6) is 11.5 Å². The predicted molar refractivity (Wildman–Crippen MR) is 115 cm³/mol. The van der Waals surface area contributed by atoms with Gasteiger partial charge in [-0.25, -0.2) is 0 Å². The average Bonchev–Trinajstić information content (AvgIpc) is 2.66. The predicted octanol–water partition coefficient (Wildman–Crippen LogP) is 4.23. The maximum absolute atomic E-state index is 12.7. The third-order valence-electron chi connectivity index (χ3n) is 4.24. The van der Waals surface area contributed by atoms with Gasteiger partial charge >= 0.3 is 0 Å².